The predicted octanol–water partition coefficient (Wildman–Crippen LogP) is 5.84. The Morgan fingerprint density at radius 1 is 0.944 bits per heavy atom. The zero-order valence-electron chi connectivity index (χ0n) is 12.0. The van der Waals surface area contributed by atoms with E-state index in [1.807, 2.05) is 0 Å². The van der Waals surface area contributed by atoms with E-state index in [-0.39, 0.29) is 0 Å². The molecule has 1 aromatic rings. The molecule has 0 radical (unpaired) electrons. The van der Waals surface area contributed by atoms with Crippen LogP contribution >= 0.6 is 15.9 Å². The van der Waals surface area contributed by atoms with Crippen molar-refractivity contribution in [2.45, 2.75) is 59.3 Å². The Morgan fingerprint density at radius 3 is 2.11 bits per heavy atom. The molecule has 0 fully saturated rings. The summed E-state index contributed by atoms with van der Waals surface area (Å²) in [7, 11) is 0. The van der Waals surface area contributed by atoms with Crippen LogP contribution in [0.25, 0.3) is 0 Å². The van der Waals surface area contributed by atoms with Crippen LogP contribution in [0, 0.1) is 13.8 Å². The van der Waals surface area contributed by atoms with Gasteiger partial charge >= 0.3 is 0 Å². The number of unbranched alkanes of at least 4 members (excludes halogenated alkanes) is 5. The Bertz CT molecular complexity index is 337. The third-order valence-corrected chi connectivity index (χ3v) is 4.55. The molecule has 0 atom stereocenters. The summed E-state index contributed by atoms with van der Waals surface area (Å²) in [5.74, 6) is 0. The number of aryl methyl sites for hydroxylation is 2. The van der Waals surface area contributed by atoms with Crippen molar-refractivity contribution in [1.29, 1.82) is 0 Å². The van der Waals surface area contributed by atoms with Gasteiger partial charge in [-0.2, -0.15) is 0 Å². The van der Waals surface area contributed by atoms with Gasteiger partial charge in [-0.3, -0.25) is 0 Å². The van der Waals surface area contributed by atoms with E-state index in [0.29, 0.717) is 0 Å². The van der Waals surface area contributed by atoms with Crippen LogP contribution < -0.4 is 5.32 Å². The third-order valence-electron chi connectivity index (χ3n) is 3.30. The fourth-order valence-electron chi connectivity index (χ4n) is 2.19. The Labute approximate surface area is 120 Å². The molecule has 102 valence electrons. The van der Waals surface area contributed by atoms with Crippen LogP contribution in [0.2, 0.25) is 0 Å². The maximum atomic E-state index is 3.60. The molecule has 1 rings (SSSR count). The lowest BCUT2D eigenvalue weighted by Crippen LogP contribution is -2.02. The van der Waals surface area contributed by atoms with Gasteiger partial charge in [0, 0.05) is 16.7 Å². The highest BCUT2D eigenvalue weighted by molar-refractivity contribution is 9.10. The Balaban J connectivity index is 2.23. The monoisotopic (exact) mass is 311 g/mol. The van der Waals surface area contributed by atoms with Crippen LogP contribution in [0.4, 0.5) is 5.69 Å². The van der Waals surface area contributed by atoms with Crippen molar-refractivity contribution >= 4 is 21.6 Å². The lowest BCUT2D eigenvalue weighted by Gasteiger charge is -2.10. The normalized spacial score (nSPS) is 10.7. The molecule has 0 saturated heterocycles. The SMILES string of the molecule is CCCCCCCCNc1cc(C)c(Br)c(C)c1. The molecule has 0 spiro atoms. The van der Waals surface area contributed by atoms with Gasteiger partial charge in [0.2, 0.25) is 0 Å². The first-order valence-electron chi connectivity index (χ1n) is 7.15. The Kier molecular flexibility index (Phi) is 7.41. The summed E-state index contributed by atoms with van der Waals surface area (Å²) in [6.45, 7) is 7.65. The quantitative estimate of drug-likeness (QED) is 0.595. The van der Waals surface area contributed by atoms with Gasteiger partial charge in [-0.25, -0.2) is 0 Å². The van der Waals surface area contributed by atoms with Crippen LogP contribution in [0.3, 0.4) is 0 Å². The molecule has 0 unspecified atom stereocenters. The van der Waals surface area contributed by atoms with Gasteiger partial charge in [0.25, 0.3) is 0 Å². The lowest BCUT2D eigenvalue weighted by molar-refractivity contribution is 0.617. The fraction of sp³-hybridized carbons (Fsp3) is 0.625. The maximum Gasteiger partial charge on any atom is 0.0346 e. The summed E-state index contributed by atoms with van der Waals surface area (Å²) in [6.07, 6.45) is 8.12. The van der Waals surface area contributed by atoms with E-state index in [9.17, 15) is 0 Å². The molecule has 1 aromatic carbocycles. The van der Waals surface area contributed by atoms with E-state index in [1.165, 1.54) is 59.8 Å². The van der Waals surface area contributed by atoms with E-state index in [2.05, 4.69) is 54.2 Å². The van der Waals surface area contributed by atoms with Crippen molar-refractivity contribution in [3.05, 3.63) is 27.7 Å². The van der Waals surface area contributed by atoms with Gasteiger partial charge in [0.1, 0.15) is 0 Å². The highest BCUT2D eigenvalue weighted by atomic mass is 79.9. The van der Waals surface area contributed by atoms with Crippen LogP contribution in [0.1, 0.15) is 56.6 Å². The van der Waals surface area contributed by atoms with Crippen LogP contribution in [-0.2, 0) is 0 Å². The second kappa shape index (κ2) is 8.58. The van der Waals surface area contributed by atoms with E-state index in [4.69, 9.17) is 0 Å². The minimum absolute atomic E-state index is 1.09. The molecule has 0 bridgehead atoms. The molecule has 18 heavy (non-hydrogen) atoms. The summed E-state index contributed by atoms with van der Waals surface area (Å²) in [4.78, 5) is 0. The number of nitrogens with one attached hydrogen (secondary N) is 1. The van der Waals surface area contributed by atoms with Gasteiger partial charge in [-0.15, -0.1) is 0 Å². The molecular formula is C16H26BrN. The Hall–Kier alpha value is -0.500. The summed E-state index contributed by atoms with van der Waals surface area (Å²) in [5, 5.41) is 3.52. The molecular weight excluding hydrogens is 286 g/mol. The number of rotatable bonds is 8. The van der Waals surface area contributed by atoms with Gasteiger partial charge < -0.3 is 5.32 Å². The second-order valence-corrected chi connectivity index (χ2v) is 5.91. The number of halogens is 1. The second-order valence-electron chi connectivity index (χ2n) is 5.12. The summed E-state index contributed by atoms with van der Waals surface area (Å²) in [5.41, 5.74) is 3.86. The van der Waals surface area contributed by atoms with Crippen LogP contribution in [-0.4, -0.2) is 6.54 Å². The number of hydrogen-bond acceptors (Lipinski definition) is 1. The summed E-state index contributed by atoms with van der Waals surface area (Å²) >= 11 is 3.60. The zero-order chi connectivity index (χ0) is 13.4. The van der Waals surface area contributed by atoms with Crippen molar-refractivity contribution in [3.8, 4) is 0 Å². The number of hydrogen-bond donors (Lipinski definition) is 1. The van der Waals surface area contributed by atoms with Crippen molar-refractivity contribution in [2.75, 3.05) is 11.9 Å². The molecule has 2 heteroatoms. The lowest BCUT2D eigenvalue weighted by atomic mass is 10.1. The maximum absolute atomic E-state index is 3.60. The average Bonchev–Trinajstić information content (AvgIpc) is 2.34. The highest BCUT2D eigenvalue weighted by Crippen LogP contribution is 2.24. The van der Waals surface area contributed by atoms with E-state index in [1.54, 1.807) is 0 Å². The predicted molar refractivity (Wildman–Crippen MR) is 85.5 cm³/mol. The molecule has 0 amide bonds. The third kappa shape index (κ3) is 5.43. The van der Waals surface area contributed by atoms with E-state index >= 15 is 0 Å². The van der Waals surface area contributed by atoms with E-state index < -0.39 is 0 Å². The van der Waals surface area contributed by atoms with Gasteiger partial charge in [0.15, 0.2) is 0 Å². The van der Waals surface area contributed by atoms with Crippen LogP contribution in [0.15, 0.2) is 16.6 Å². The largest absolute Gasteiger partial charge is 0.385 e. The first-order valence-corrected chi connectivity index (χ1v) is 7.95. The summed E-state index contributed by atoms with van der Waals surface area (Å²) in [6, 6.07) is 4.43. The minimum atomic E-state index is 1.09. The van der Waals surface area contributed by atoms with Crippen molar-refractivity contribution in [1.82, 2.24) is 0 Å². The summed E-state index contributed by atoms with van der Waals surface area (Å²) < 4.78 is 1.23. The number of benzene rings is 1. The molecule has 0 saturated carbocycles. The topological polar surface area (TPSA) is 12.0 Å². The molecule has 1 nitrogen and oxygen atoms in total. The van der Waals surface area contributed by atoms with Crippen LogP contribution in [0.5, 0.6) is 0 Å². The van der Waals surface area contributed by atoms with Crippen molar-refractivity contribution in [3.63, 3.8) is 0 Å². The smallest absolute Gasteiger partial charge is 0.0346 e. The van der Waals surface area contributed by atoms with Crippen molar-refractivity contribution < 1.29 is 0 Å². The number of anilines is 1. The molecule has 0 aliphatic carbocycles. The standard InChI is InChI=1S/C16H26BrN/c1-4-5-6-7-8-9-10-18-15-11-13(2)16(17)14(3)12-15/h11-12,18H,4-10H2,1-3H3. The van der Waals surface area contributed by atoms with Gasteiger partial charge in [0.05, 0.1) is 0 Å². The first kappa shape index (κ1) is 15.6. The average molecular weight is 312 g/mol. The van der Waals surface area contributed by atoms with E-state index in [0.717, 1.165) is 6.54 Å². The molecule has 0 aromatic heterocycles. The first-order chi connectivity index (χ1) is 8.65. The van der Waals surface area contributed by atoms with Crippen molar-refractivity contribution in [2.24, 2.45) is 0 Å². The fourth-order valence-corrected chi connectivity index (χ4v) is 2.41. The minimum Gasteiger partial charge on any atom is -0.385 e. The Morgan fingerprint density at radius 2 is 1.50 bits per heavy atom. The molecule has 0 aliphatic heterocycles. The van der Waals surface area contributed by atoms with Gasteiger partial charge in [-0.1, -0.05) is 55.0 Å². The highest BCUT2D eigenvalue weighted by Gasteiger charge is 2.01. The molecule has 1 N–H and O–H groups in total. The molecule has 0 heterocycles. The zero-order valence-corrected chi connectivity index (χ0v) is 13.6. The molecule has 0 aliphatic rings. The van der Waals surface area contributed by atoms with Gasteiger partial charge in [-0.05, 0) is 43.5 Å².